The fourth-order valence-electron chi connectivity index (χ4n) is 1.13. The van der Waals surface area contributed by atoms with E-state index in [0.29, 0.717) is 6.04 Å². The topological polar surface area (TPSA) is 12.0 Å². The van der Waals surface area contributed by atoms with E-state index < -0.39 is 0 Å². The van der Waals surface area contributed by atoms with E-state index >= 15 is 0 Å². The van der Waals surface area contributed by atoms with Crippen LogP contribution in [0.2, 0.25) is 0 Å². The maximum atomic E-state index is 5.14. The van der Waals surface area contributed by atoms with Crippen molar-refractivity contribution in [1.82, 2.24) is 5.32 Å². The standard InChI is InChI=1S/C10H19N/c1-4-6-7-8-9-10(3)11-5-2/h1,10-11H,5-9H2,2-3H3. The first-order valence-corrected chi connectivity index (χ1v) is 4.48. The molecule has 0 amide bonds. The van der Waals surface area contributed by atoms with Crippen LogP contribution in [0.3, 0.4) is 0 Å². The lowest BCUT2D eigenvalue weighted by Gasteiger charge is -2.10. The highest BCUT2D eigenvalue weighted by Crippen LogP contribution is 2.01. The molecule has 0 spiro atoms. The Balaban J connectivity index is 3.05. The van der Waals surface area contributed by atoms with Crippen LogP contribution >= 0.6 is 0 Å². The van der Waals surface area contributed by atoms with Gasteiger partial charge in [-0.1, -0.05) is 13.3 Å². The van der Waals surface area contributed by atoms with Crippen molar-refractivity contribution < 1.29 is 0 Å². The number of hydrogen-bond acceptors (Lipinski definition) is 1. The van der Waals surface area contributed by atoms with Crippen molar-refractivity contribution in [2.45, 2.75) is 45.6 Å². The molecule has 1 nitrogen and oxygen atoms in total. The average molecular weight is 153 g/mol. The molecule has 0 aromatic carbocycles. The second-order valence-corrected chi connectivity index (χ2v) is 2.91. The molecule has 1 heteroatoms. The van der Waals surface area contributed by atoms with Gasteiger partial charge in [0.25, 0.3) is 0 Å². The Morgan fingerprint density at radius 1 is 1.45 bits per heavy atom. The van der Waals surface area contributed by atoms with Gasteiger partial charge < -0.3 is 5.32 Å². The largest absolute Gasteiger partial charge is 0.315 e. The summed E-state index contributed by atoms with van der Waals surface area (Å²) in [7, 11) is 0. The molecule has 0 aliphatic heterocycles. The van der Waals surface area contributed by atoms with Crippen LogP contribution in [0.4, 0.5) is 0 Å². The van der Waals surface area contributed by atoms with E-state index in [1.165, 1.54) is 19.3 Å². The average Bonchev–Trinajstić information content (AvgIpc) is 1.99. The summed E-state index contributed by atoms with van der Waals surface area (Å²) in [5.41, 5.74) is 0. The van der Waals surface area contributed by atoms with Crippen molar-refractivity contribution in [3.8, 4) is 12.3 Å². The van der Waals surface area contributed by atoms with Gasteiger partial charge in [-0.15, -0.1) is 12.3 Å². The summed E-state index contributed by atoms with van der Waals surface area (Å²) in [6, 6.07) is 0.651. The third kappa shape index (κ3) is 7.42. The molecule has 0 aromatic rings. The molecule has 11 heavy (non-hydrogen) atoms. The zero-order chi connectivity index (χ0) is 8.53. The van der Waals surface area contributed by atoms with Crippen LogP contribution in [0.25, 0.3) is 0 Å². The predicted octanol–water partition coefficient (Wildman–Crippen LogP) is 2.18. The summed E-state index contributed by atoms with van der Waals surface area (Å²) in [6.07, 6.45) is 9.73. The lowest BCUT2D eigenvalue weighted by molar-refractivity contribution is 0.505. The first kappa shape index (κ1) is 10.5. The normalized spacial score (nSPS) is 12.5. The van der Waals surface area contributed by atoms with Gasteiger partial charge in [0.15, 0.2) is 0 Å². The third-order valence-electron chi connectivity index (χ3n) is 1.76. The lowest BCUT2D eigenvalue weighted by Crippen LogP contribution is -2.25. The van der Waals surface area contributed by atoms with Gasteiger partial charge in [0.1, 0.15) is 0 Å². The molecule has 0 fully saturated rings. The Bertz CT molecular complexity index is 113. The van der Waals surface area contributed by atoms with Gasteiger partial charge in [0, 0.05) is 12.5 Å². The summed E-state index contributed by atoms with van der Waals surface area (Å²) in [5.74, 6) is 2.65. The molecule has 0 saturated carbocycles. The van der Waals surface area contributed by atoms with Gasteiger partial charge in [0.05, 0.1) is 0 Å². The Labute approximate surface area is 70.6 Å². The molecule has 0 saturated heterocycles. The van der Waals surface area contributed by atoms with Crippen molar-refractivity contribution in [3.63, 3.8) is 0 Å². The molecule has 0 aromatic heterocycles. The van der Waals surface area contributed by atoms with Gasteiger partial charge >= 0.3 is 0 Å². The molecule has 0 aliphatic rings. The highest BCUT2D eigenvalue weighted by Gasteiger charge is 1.97. The van der Waals surface area contributed by atoms with Crippen LogP contribution in [0.5, 0.6) is 0 Å². The summed E-state index contributed by atoms with van der Waals surface area (Å²) in [4.78, 5) is 0. The molecule has 0 bridgehead atoms. The molecule has 64 valence electrons. The molecule has 1 N–H and O–H groups in total. The van der Waals surface area contributed by atoms with Gasteiger partial charge in [-0.2, -0.15) is 0 Å². The van der Waals surface area contributed by atoms with Crippen molar-refractivity contribution in [3.05, 3.63) is 0 Å². The minimum atomic E-state index is 0.651. The van der Waals surface area contributed by atoms with E-state index in [4.69, 9.17) is 6.42 Å². The van der Waals surface area contributed by atoms with Crippen molar-refractivity contribution in [2.24, 2.45) is 0 Å². The lowest BCUT2D eigenvalue weighted by atomic mass is 10.1. The van der Waals surface area contributed by atoms with Crippen LogP contribution in [0.15, 0.2) is 0 Å². The number of unbranched alkanes of at least 4 members (excludes halogenated alkanes) is 2. The maximum Gasteiger partial charge on any atom is 0.00860 e. The molecule has 1 atom stereocenters. The van der Waals surface area contributed by atoms with E-state index in [-0.39, 0.29) is 0 Å². The Hall–Kier alpha value is -0.480. The Morgan fingerprint density at radius 3 is 2.73 bits per heavy atom. The SMILES string of the molecule is C#CCCCCC(C)NCC. The van der Waals surface area contributed by atoms with E-state index in [9.17, 15) is 0 Å². The molecular formula is C10H19N. The molecule has 0 rings (SSSR count). The summed E-state index contributed by atoms with van der Waals surface area (Å²) in [5, 5.41) is 3.37. The summed E-state index contributed by atoms with van der Waals surface area (Å²) in [6.45, 7) is 5.42. The van der Waals surface area contributed by atoms with E-state index in [2.05, 4.69) is 25.1 Å². The highest BCUT2D eigenvalue weighted by atomic mass is 14.9. The predicted molar refractivity (Wildman–Crippen MR) is 50.4 cm³/mol. The van der Waals surface area contributed by atoms with Crippen molar-refractivity contribution in [2.75, 3.05) is 6.54 Å². The molecule has 0 aliphatic carbocycles. The van der Waals surface area contributed by atoms with Crippen molar-refractivity contribution >= 4 is 0 Å². The molecule has 1 unspecified atom stereocenters. The second-order valence-electron chi connectivity index (χ2n) is 2.91. The van der Waals surface area contributed by atoms with E-state index in [1.807, 2.05) is 0 Å². The molecule has 0 radical (unpaired) electrons. The van der Waals surface area contributed by atoms with Crippen LogP contribution in [-0.2, 0) is 0 Å². The van der Waals surface area contributed by atoms with Gasteiger partial charge in [-0.3, -0.25) is 0 Å². The van der Waals surface area contributed by atoms with Gasteiger partial charge in [-0.05, 0) is 26.3 Å². The fraction of sp³-hybridized carbons (Fsp3) is 0.800. The third-order valence-corrected chi connectivity index (χ3v) is 1.76. The van der Waals surface area contributed by atoms with Crippen LogP contribution in [0.1, 0.15) is 39.5 Å². The van der Waals surface area contributed by atoms with Crippen LogP contribution in [0, 0.1) is 12.3 Å². The number of hydrogen-bond donors (Lipinski definition) is 1. The van der Waals surface area contributed by atoms with E-state index in [1.54, 1.807) is 0 Å². The number of terminal acetylenes is 1. The second kappa shape index (κ2) is 7.63. The minimum Gasteiger partial charge on any atom is -0.315 e. The zero-order valence-corrected chi connectivity index (χ0v) is 7.69. The minimum absolute atomic E-state index is 0.651. The summed E-state index contributed by atoms with van der Waals surface area (Å²) >= 11 is 0. The Kier molecular flexibility index (Phi) is 7.29. The first-order chi connectivity index (χ1) is 5.31. The summed E-state index contributed by atoms with van der Waals surface area (Å²) < 4.78 is 0. The molecular weight excluding hydrogens is 134 g/mol. The zero-order valence-electron chi connectivity index (χ0n) is 7.69. The molecule has 0 heterocycles. The number of rotatable bonds is 6. The smallest absolute Gasteiger partial charge is 0.00860 e. The van der Waals surface area contributed by atoms with Crippen LogP contribution in [-0.4, -0.2) is 12.6 Å². The van der Waals surface area contributed by atoms with Crippen LogP contribution < -0.4 is 5.32 Å². The highest BCUT2D eigenvalue weighted by molar-refractivity contribution is 4.82. The number of nitrogens with one attached hydrogen (secondary N) is 1. The Morgan fingerprint density at radius 2 is 2.18 bits per heavy atom. The van der Waals surface area contributed by atoms with E-state index in [0.717, 1.165) is 13.0 Å². The fourth-order valence-corrected chi connectivity index (χ4v) is 1.13. The van der Waals surface area contributed by atoms with Crippen molar-refractivity contribution in [1.29, 1.82) is 0 Å². The monoisotopic (exact) mass is 153 g/mol. The van der Waals surface area contributed by atoms with Gasteiger partial charge in [-0.25, -0.2) is 0 Å². The quantitative estimate of drug-likeness (QED) is 0.455. The maximum absolute atomic E-state index is 5.14. The first-order valence-electron chi connectivity index (χ1n) is 4.48. The van der Waals surface area contributed by atoms with Gasteiger partial charge in [0.2, 0.25) is 0 Å².